The number of esters is 2. The van der Waals surface area contributed by atoms with Gasteiger partial charge in [-0.15, -0.1) is 0 Å². The number of rotatable bonds is 16. The number of carbonyl (C=O) groups excluding carboxylic acids is 2. The molecule has 1 rings (SSSR count). The Morgan fingerprint density at radius 2 is 0.552 bits per heavy atom. The zero-order valence-corrected chi connectivity index (χ0v) is 25.7. The molecule has 0 spiro atoms. The van der Waals surface area contributed by atoms with Crippen LogP contribution in [0.4, 0.5) is 132 Å². The van der Waals surface area contributed by atoms with Gasteiger partial charge in [0, 0.05) is 0 Å². The Bertz CT molecular complexity index is 1550. The summed E-state index contributed by atoms with van der Waals surface area (Å²) in [4.78, 5) is 23.8. The third-order valence-corrected chi connectivity index (χ3v) is 6.89. The molecule has 1 aromatic carbocycles. The fraction of sp³-hybridized carbons (Fsp3) is 0.667. The summed E-state index contributed by atoms with van der Waals surface area (Å²) in [6.45, 7) is -7.57. The molecule has 0 unspecified atom stereocenters. The number of hydrogen-bond acceptors (Lipinski definition) is 4. The summed E-state index contributed by atoms with van der Waals surface area (Å²) in [5.41, 5.74) is -3.42. The molecule has 0 aliphatic heterocycles. The van der Waals surface area contributed by atoms with E-state index in [1.54, 1.807) is 0 Å². The van der Waals surface area contributed by atoms with E-state index in [9.17, 15) is 141 Å². The van der Waals surface area contributed by atoms with Gasteiger partial charge in [0.2, 0.25) is 0 Å². The molecule has 0 aliphatic rings. The van der Waals surface area contributed by atoms with Crippen molar-refractivity contribution in [2.24, 2.45) is 0 Å². The van der Waals surface area contributed by atoms with Crippen molar-refractivity contribution < 1.29 is 151 Å². The van der Waals surface area contributed by atoms with E-state index >= 15 is 0 Å². The highest BCUT2D eigenvalue weighted by Crippen LogP contribution is 2.64. The third kappa shape index (κ3) is 7.55. The van der Waals surface area contributed by atoms with E-state index in [-0.39, 0.29) is 24.3 Å². The minimum atomic E-state index is -8.75. The Morgan fingerprint density at radius 1 is 0.345 bits per heavy atom. The molecule has 0 bridgehead atoms. The van der Waals surface area contributed by atoms with Crippen molar-refractivity contribution in [1.29, 1.82) is 0 Å². The first kappa shape index (κ1) is 52.1. The van der Waals surface area contributed by atoms with Gasteiger partial charge in [-0.05, 0) is 18.2 Å². The molecule has 0 fully saturated rings. The van der Waals surface area contributed by atoms with Crippen molar-refractivity contribution in [3.05, 3.63) is 35.4 Å². The van der Waals surface area contributed by atoms with Crippen molar-refractivity contribution in [1.82, 2.24) is 0 Å². The van der Waals surface area contributed by atoms with Crippen molar-refractivity contribution in [3.8, 4) is 0 Å². The highest BCUT2D eigenvalue weighted by atomic mass is 19.4. The average molecular weight is 930 g/mol. The van der Waals surface area contributed by atoms with Gasteiger partial charge in [0.15, 0.2) is 13.2 Å². The van der Waals surface area contributed by atoms with Crippen LogP contribution in [0.5, 0.6) is 0 Å². The normalized spacial score (nSPS) is 15.7. The monoisotopic (exact) mass is 930 g/mol. The van der Waals surface area contributed by atoms with Crippen LogP contribution in [0.15, 0.2) is 24.3 Å². The Labute approximate surface area is 296 Å². The number of alkyl halides is 30. The van der Waals surface area contributed by atoms with Crippen molar-refractivity contribution in [2.75, 3.05) is 13.2 Å². The fourth-order valence-electron chi connectivity index (χ4n) is 3.43. The zero-order valence-electron chi connectivity index (χ0n) is 25.7. The maximum absolute atomic E-state index is 13.9. The fourth-order valence-corrected chi connectivity index (χ4v) is 3.43. The summed E-state index contributed by atoms with van der Waals surface area (Å²) in [5.74, 6) is -105. The molecule has 0 saturated carbocycles. The third-order valence-electron chi connectivity index (χ3n) is 6.89. The molecule has 0 aromatic heterocycles. The summed E-state index contributed by atoms with van der Waals surface area (Å²) < 4.78 is 404. The topological polar surface area (TPSA) is 52.6 Å². The van der Waals surface area contributed by atoms with Gasteiger partial charge in [-0.25, -0.2) is 9.59 Å². The molecule has 0 heterocycles. The minimum absolute atomic E-state index is 0.0697. The molecule has 1 aromatic rings. The Kier molecular flexibility index (Phi) is 12.9. The lowest BCUT2D eigenvalue weighted by Crippen LogP contribution is -2.73. The predicted octanol–water partition coefficient (Wildman–Crippen LogP) is 10.7. The van der Waals surface area contributed by atoms with E-state index in [1.165, 1.54) is 0 Å². The Hall–Kier alpha value is -3.94. The van der Waals surface area contributed by atoms with Crippen molar-refractivity contribution in [2.45, 2.75) is 83.4 Å². The highest BCUT2D eigenvalue weighted by molar-refractivity contribution is 5.95. The van der Waals surface area contributed by atoms with Gasteiger partial charge < -0.3 is 9.47 Å². The van der Waals surface area contributed by atoms with Crippen LogP contribution in [-0.2, 0) is 9.47 Å². The van der Waals surface area contributed by atoms with Crippen LogP contribution < -0.4 is 0 Å². The molecule has 0 atom stereocenters. The molecular weight excluding hydrogens is 922 g/mol. The van der Waals surface area contributed by atoms with Gasteiger partial charge in [0.05, 0.1) is 11.1 Å². The van der Waals surface area contributed by atoms with Crippen LogP contribution in [0.1, 0.15) is 20.7 Å². The van der Waals surface area contributed by atoms with E-state index in [0.717, 1.165) is 0 Å². The highest BCUT2D eigenvalue weighted by Gasteiger charge is 2.95. The molecular formula is C24H8F30O4. The Balaban J connectivity index is 3.34. The van der Waals surface area contributed by atoms with E-state index in [1.807, 2.05) is 0 Å². The maximum Gasteiger partial charge on any atom is 0.460 e. The average Bonchev–Trinajstić information content (AvgIpc) is 3.04. The van der Waals surface area contributed by atoms with Gasteiger partial charge in [-0.1, -0.05) is 6.07 Å². The van der Waals surface area contributed by atoms with E-state index < -0.39 is 120 Å². The lowest BCUT2D eigenvalue weighted by atomic mass is 9.91. The minimum Gasteiger partial charge on any atom is -0.455 e. The SMILES string of the molecule is O=C(OCC(F)(F)C(F)(F)C(F)(F)C(F)(F)C(F)(F)C(F)(F)C(F)(F)F)c1cccc(C(=O)OCC(F)(F)C(F)(F)C(F)(F)C(F)(F)C(F)(F)C(F)(F)C(F)(F)F)c1. The molecule has 0 N–H and O–H groups in total. The van der Waals surface area contributed by atoms with Crippen molar-refractivity contribution in [3.63, 3.8) is 0 Å². The number of halogens is 30. The summed E-state index contributed by atoms with van der Waals surface area (Å²) in [6.07, 6.45) is -15.9. The smallest absolute Gasteiger partial charge is 0.455 e. The molecule has 0 saturated heterocycles. The van der Waals surface area contributed by atoms with Crippen LogP contribution in [-0.4, -0.2) is 109 Å². The molecule has 4 nitrogen and oxygen atoms in total. The van der Waals surface area contributed by atoms with Gasteiger partial charge in [0.25, 0.3) is 0 Å². The summed E-state index contributed by atoms with van der Waals surface area (Å²) in [5, 5.41) is 0. The summed E-state index contributed by atoms with van der Waals surface area (Å²) in [6, 6.07) is -0.0787. The van der Waals surface area contributed by atoms with Gasteiger partial charge in [-0.2, -0.15) is 132 Å². The van der Waals surface area contributed by atoms with Gasteiger partial charge >= 0.3 is 95.4 Å². The second-order valence-electron chi connectivity index (χ2n) is 10.9. The molecule has 0 amide bonds. The number of carbonyl (C=O) groups is 2. The van der Waals surface area contributed by atoms with Crippen LogP contribution in [0.3, 0.4) is 0 Å². The molecule has 34 heteroatoms. The first-order valence-electron chi connectivity index (χ1n) is 13.1. The quantitative estimate of drug-likeness (QED) is 0.122. The second kappa shape index (κ2) is 14.4. The summed E-state index contributed by atoms with van der Waals surface area (Å²) in [7, 11) is 0. The number of ether oxygens (including phenoxy) is 2. The first-order valence-corrected chi connectivity index (χ1v) is 13.1. The molecule has 0 aliphatic carbocycles. The maximum atomic E-state index is 13.9. The molecule has 338 valence electrons. The standard InChI is InChI=1S/C24H8F30O4/c25-11(26,13(29,30)15(33,34)17(37,38)19(41,42)21(45,46)23(49,50)51)5-57-9(55)7-2-1-3-8(4-7)10(56)58-6-12(27,28)14(31,32)16(35,36)18(39,40)20(43,44)22(47,48)24(52,53)54/h1-4H,5-6H2. The van der Waals surface area contributed by atoms with Gasteiger partial charge in [-0.3, -0.25) is 0 Å². The van der Waals surface area contributed by atoms with Crippen LogP contribution >= 0.6 is 0 Å². The van der Waals surface area contributed by atoms with Gasteiger partial charge in [0.1, 0.15) is 0 Å². The second-order valence-corrected chi connectivity index (χ2v) is 10.9. The largest absolute Gasteiger partial charge is 0.460 e. The lowest BCUT2D eigenvalue weighted by Gasteiger charge is -2.41. The number of hydrogen-bond donors (Lipinski definition) is 0. The molecule has 58 heavy (non-hydrogen) atoms. The van der Waals surface area contributed by atoms with E-state index in [2.05, 4.69) is 9.47 Å². The zero-order chi connectivity index (χ0) is 47.0. The van der Waals surface area contributed by atoms with E-state index in [4.69, 9.17) is 0 Å². The van der Waals surface area contributed by atoms with Crippen LogP contribution in [0.2, 0.25) is 0 Å². The molecule has 0 radical (unpaired) electrons. The van der Waals surface area contributed by atoms with Crippen molar-refractivity contribution >= 4 is 11.9 Å². The number of benzene rings is 1. The van der Waals surface area contributed by atoms with Crippen LogP contribution in [0, 0.1) is 0 Å². The van der Waals surface area contributed by atoms with Crippen LogP contribution in [0.25, 0.3) is 0 Å². The first-order chi connectivity index (χ1) is 25.0. The summed E-state index contributed by atoms with van der Waals surface area (Å²) >= 11 is 0. The van der Waals surface area contributed by atoms with E-state index in [0.29, 0.717) is 0 Å². The lowest BCUT2D eigenvalue weighted by molar-refractivity contribution is -0.453. The Morgan fingerprint density at radius 3 is 0.776 bits per heavy atom. The predicted molar refractivity (Wildman–Crippen MR) is 118 cm³/mol.